The third-order valence-corrected chi connectivity index (χ3v) is 3.78. The van der Waals surface area contributed by atoms with Crippen molar-refractivity contribution < 1.29 is 9.59 Å². The molecule has 1 aromatic heterocycles. The number of nitrogens with one attached hydrogen (secondary N) is 1. The van der Waals surface area contributed by atoms with Gasteiger partial charge < -0.3 is 10.2 Å². The minimum atomic E-state index is -0.130. The lowest BCUT2D eigenvalue weighted by Gasteiger charge is -2.17. The van der Waals surface area contributed by atoms with Crippen LogP contribution in [0.15, 0.2) is 47.2 Å². The molecule has 110 valence electrons. The molecule has 1 N–H and O–H groups in total. The Bertz CT molecular complexity index is 582. The first-order chi connectivity index (χ1) is 10.2. The second-order valence-corrected chi connectivity index (χ2v) is 5.53. The van der Waals surface area contributed by atoms with Crippen LogP contribution in [0.4, 0.5) is 0 Å². The van der Waals surface area contributed by atoms with Gasteiger partial charge in [0.15, 0.2) is 0 Å². The summed E-state index contributed by atoms with van der Waals surface area (Å²) in [6.45, 7) is 0.935. The second-order valence-electron chi connectivity index (χ2n) is 4.75. The summed E-state index contributed by atoms with van der Waals surface area (Å²) in [5.74, 6) is -0.112. The molecule has 2 amide bonds. The van der Waals surface area contributed by atoms with Crippen LogP contribution in [0.3, 0.4) is 0 Å². The average molecular weight is 302 g/mol. The van der Waals surface area contributed by atoms with Crippen LogP contribution in [0, 0.1) is 0 Å². The summed E-state index contributed by atoms with van der Waals surface area (Å²) in [4.78, 5) is 25.4. The van der Waals surface area contributed by atoms with E-state index in [1.54, 1.807) is 23.4 Å². The molecule has 0 atom stereocenters. The van der Waals surface area contributed by atoms with Crippen LogP contribution in [0.5, 0.6) is 0 Å². The van der Waals surface area contributed by atoms with E-state index >= 15 is 0 Å². The van der Waals surface area contributed by atoms with E-state index in [-0.39, 0.29) is 11.8 Å². The fraction of sp³-hybridized carbons (Fsp3) is 0.250. The largest absolute Gasteiger partial charge is 0.351 e. The van der Waals surface area contributed by atoms with E-state index in [2.05, 4.69) is 5.32 Å². The molecule has 2 aromatic rings. The molecule has 0 aliphatic carbocycles. The fourth-order valence-electron chi connectivity index (χ4n) is 1.92. The van der Waals surface area contributed by atoms with Crippen LogP contribution >= 0.6 is 11.3 Å². The van der Waals surface area contributed by atoms with Crippen molar-refractivity contribution in [1.29, 1.82) is 0 Å². The predicted octanol–water partition coefficient (Wildman–Crippen LogP) is 2.53. The minimum absolute atomic E-state index is 0.0180. The first-order valence-corrected chi connectivity index (χ1v) is 7.69. The number of benzene rings is 1. The van der Waals surface area contributed by atoms with Gasteiger partial charge in [0.2, 0.25) is 5.91 Å². The highest BCUT2D eigenvalue weighted by molar-refractivity contribution is 7.08. The number of rotatable bonds is 6. The summed E-state index contributed by atoms with van der Waals surface area (Å²) in [5, 5.41) is 6.40. The van der Waals surface area contributed by atoms with Crippen molar-refractivity contribution in [2.45, 2.75) is 13.0 Å². The van der Waals surface area contributed by atoms with Crippen LogP contribution < -0.4 is 5.32 Å². The summed E-state index contributed by atoms with van der Waals surface area (Å²) in [7, 11) is 1.77. The standard InChI is InChI=1S/C16H18N2O2S/c1-18(11-13-5-3-2-4-6-13)15(19)7-9-17-16(20)14-8-10-21-12-14/h2-6,8,10,12H,7,9,11H2,1H3,(H,17,20). The van der Waals surface area contributed by atoms with Gasteiger partial charge in [0.25, 0.3) is 5.91 Å². The molecule has 21 heavy (non-hydrogen) atoms. The molecule has 1 aromatic carbocycles. The van der Waals surface area contributed by atoms with Crippen molar-refractivity contribution in [2.24, 2.45) is 0 Å². The Morgan fingerprint density at radius 3 is 2.62 bits per heavy atom. The molecule has 2 rings (SSSR count). The van der Waals surface area contributed by atoms with E-state index in [9.17, 15) is 9.59 Å². The Balaban J connectivity index is 1.73. The Morgan fingerprint density at radius 2 is 1.95 bits per heavy atom. The summed E-state index contributed by atoms with van der Waals surface area (Å²) < 4.78 is 0. The van der Waals surface area contributed by atoms with Crippen molar-refractivity contribution in [3.63, 3.8) is 0 Å². The fourth-order valence-corrected chi connectivity index (χ4v) is 2.55. The van der Waals surface area contributed by atoms with Gasteiger partial charge in [-0.2, -0.15) is 11.3 Å². The Kier molecular flexibility index (Phi) is 5.51. The minimum Gasteiger partial charge on any atom is -0.351 e. The highest BCUT2D eigenvalue weighted by Gasteiger charge is 2.10. The number of carbonyl (C=O) groups excluding carboxylic acids is 2. The van der Waals surface area contributed by atoms with Crippen molar-refractivity contribution in [1.82, 2.24) is 10.2 Å². The van der Waals surface area contributed by atoms with Gasteiger partial charge in [-0.3, -0.25) is 9.59 Å². The van der Waals surface area contributed by atoms with E-state index in [0.717, 1.165) is 5.56 Å². The number of hydrogen-bond acceptors (Lipinski definition) is 3. The quantitative estimate of drug-likeness (QED) is 0.891. The van der Waals surface area contributed by atoms with Crippen molar-refractivity contribution >= 4 is 23.2 Å². The van der Waals surface area contributed by atoms with Crippen LogP contribution in [-0.2, 0) is 11.3 Å². The molecule has 0 saturated carbocycles. The Labute approximate surface area is 128 Å². The normalized spacial score (nSPS) is 10.1. The highest BCUT2D eigenvalue weighted by atomic mass is 32.1. The van der Waals surface area contributed by atoms with Gasteiger partial charge in [-0.05, 0) is 17.0 Å². The number of amides is 2. The third kappa shape index (κ3) is 4.72. The molecule has 4 nitrogen and oxygen atoms in total. The van der Waals surface area contributed by atoms with Gasteiger partial charge in [0, 0.05) is 37.5 Å². The van der Waals surface area contributed by atoms with Crippen LogP contribution in [0.1, 0.15) is 22.3 Å². The van der Waals surface area contributed by atoms with Crippen molar-refractivity contribution in [3.8, 4) is 0 Å². The predicted molar refractivity (Wildman–Crippen MR) is 84.2 cm³/mol. The number of carbonyl (C=O) groups is 2. The molecular weight excluding hydrogens is 284 g/mol. The van der Waals surface area contributed by atoms with E-state index < -0.39 is 0 Å². The molecule has 0 unspecified atom stereocenters. The smallest absolute Gasteiger partial charge is 0.252 e. The third-order valence-electron chi connectivity index (χ3n) is 3.10. The molecule has 0 aliphatic rings. The van der Waals surface area contributed by atoms with E-state index in [4.69, 9.17) is 0 Å². The van der Waals surface area contributed by atoms with Crippen LogP contribution in [0.2, 0.25) is 0 Å². The summed E-state index contributed by atoms with van der Waals surface area (Å²) in [6.07, 6.45) is 0.305. The monoisotopic (exact) mass is 302 g/mol. The lowest BCUT2D eigenvalue weighted by atomic mass is 10.2. The van der Waals surface area contributed by atoms with Crippen LogP contribution in [-0.4, -0.2) is 30.3 Å². The van der Waals surface area contributed by atoms with Crippen molar-refractivity contribution in [3.05, 3.63) is 58.3 Å². The average Bonchev–Trinajstić information content (AvgIpc) is 3.02. The van der Waals surface area contributed by atoms with Gasteiger partial charge >= 0.3 is 0 Å². The second kappa shape index (κ2) is 7.59. The molecule has 0 aliphatic heterocycles. The first kappa shape index (κ1) is 15.3. The number of hydrogen-bond donors (Lipinski definition) is 1. The Morgan fingerprint density at radius 1 is 1.19 bits per heavy atom. The van der Waals surface area contributed by atoms with Gasteiger partial charge in [-0.25, -0.2) is 0 Å². The maximum Gasteiger partial charge on any atom is 0.252 e. The lowest BCUT2D eigenvalue weighted by molar-refractivity contribution is -0.130. The molecule has 0 spiro atoms. The molecule has 0 radical (unpaired) electrons. The van der Waals surface area contributed by atoms with Gasteiger partial charge in [-0.15, -0.1) is 0 Å². The summed E-state index contributed by atoms with van der Waals surface area (Å²) >= 11 is 1.48. The van der Waals surface area contributed by atoms with Gasteiger partial charge in [0.1, 0.15) is 0 Å². The van der Waals surface area contributed by atoms with Crippen LogP contribution in [0.25, 0.3) is 0 Å². The molecule has 0 fully saturated rings. The molecular formula is C16H18N2O2S. The Hall–Kier alpha value is -2.14. The topological polar surface area (TPSA) is 49.4 Å². The lowest BCUT2D eigenvalue weighted by Crippen LogP contribution is -2.31. The van der Waals surface area contributed by atoms with Gasteiger partial charge in [0.05, 0.1) is 0 Å². The van der Waals surface area contributed by atoms with E-state index in [1.807, 2.05) is 35.7 Å². The molecule has 1 heterocycles. The van der Waals surface area contributed by atoms with Crippen molar-refractivity contribution in [2.75, 3.05) is 13.6 Å². The summed E-state index contributed by atoms with van der Waals surface area (Å²) in [6, 6.07) is 11.6. The van der Waals surface area contributed by atoms with E-state index in [0.29, 0.717) is 25.1 Å². The highest BCUT2D eigenvalue weighted by Crippen LogP contribution is 2.06. The zero-order valence-corrected chi connectivity index (χ0v) is 12.7. The van der Waals surface area contributed by atoms with Gasteiger partial charge in [-0.1, -0.05) is 30.3 Å². The summed E-state index contributed by atoms with van der Waals surface area (Å²) in [5.41, 5.74) is 1.74. The van der Waals surface area contributed by atoms with E-state index in [1.165, 1.54) is 11.3 Å². The molecule has 0 saturated heterocycles. The first-order valence-electron chi connectivity index (χ1n) is 6.75. The zero-order chi connectivity index (χ0) is 15.1. The number of thiophene rings is 1. The maximum atomic E-state index is 12.0. The zero-order valence-electron chi connectivity index (χ0n) is 11.9. The SMILES string of the molecule is CN(Cc1ccccc1)C(=O)CCNC(=O)c1ccsc1. The molecule has 5 heteroatoms. The number of nitrogens with zero attached hydrogens (tertiary/aromatic N) is 1. The maximum absolute atomic E-state index is 12.0. The molecule has 0 bridgehead atoms.